The average Bonchev–Trinajstić information content (AvgIpc) is 2.67. The summed E-state index contributed by atoms with van der Waals surface area (Å²) in [5.74, 6) is 3.09. The van der Waals surface area contributed by atoms with E-state index in [9.17, 15) is 0 Å². The molecule has 28 heavy (non-hydrogen) atoms. The molecule has 1 fully saturated rings. The molecule has 0 spiro atoms. The van der Waals surface area contributed by atoms with Crippen LogP contribution in [0.5, 0.6) is 11.5 Å². The SMILES string of the molecule is CCOc1cc(NC(=NC)NCCCCN2CCCC(C)C2)ccc1OC.I. The highest BCUT2D eigenvalue weighted by Gasteiger charge is 2.15. The first-order valence-corrected chi connectivity index (χ1v) is 10.2. The molecule has 1 unspecified atom stereocenters. The van der Waals surface area contributed by atoms with Crippen molar-refractivity contribution in [3.8, 4) is 11.5 Å². The van der Waals surface area contributed by atoms with Crippen LogP contribution in [0.3, 0.4) is 0 Å². The highest BCUT2D eigenvalue weighted by Crippen LogP contribution is 2.30. The van der Waals surface area contributed by atoms with Crippen molar-refractivity contribution in [2.75, 3.05) is 52.3 Å². The van der Waals surface area contributed by atoms with Gasteiger partial charge < -0.3 is 25.0 Å². The van der Waals surface area contributed by atoms with Crippen LogP contribution in [0.1, 0.15) is 39.5 Å². The number of aliphatic imine (C=N–C) groups is 1. The van der Waals surface area contributed by atoms with Gasteiger partial charge in [0.1, 0.15) is 0 Å². The number of benzene rings is 1. The van der Waals surface area contributed by atoms with Gasteiger partial charge in [0.15, 0.2) is 17.5 Å². The highest BCUT2D eigenvalue weighted by molar-refractivity contribution is 14.0. The number of halogens is 1. The van der Waals surface area contributed by atoms with Crippen molar-refractivity contribution < 1.29 is 9.47 Å². The van der Waals surface area contributed by atoms with Crippen molar-refractivity contribution in [1.29, 1.82) is 0 Å². The Morgan fingerprint density at radius 3 is 2.79 bits per heavy atom. The van der Waals surface area contributed by atoms with E-state index in [0.29, 0.717) is 6.61 Å². The molecular weight excluding hydrogens is 467 g/mol. The number of methoxy groups -OCH3 is 1. The van der Waals surface area contributed by atoms with Crippen molar-refractivity contribution in [2.45, 2.75) is 39.5 Å². The van der Waals surface area contributed by atoms with Gasteiger partial charge in [0.25, 0.3) is 0 Å². The molecule has 0 saturated carbocycles. The number of unbranched alkanes of at least 4 members (excludes halogenated alkanes) is 1. The van der Waals surface area contributed by atoms with Gasteiger partial charge in [-0.25, -0.2) is 0 Å². The maximum atomic E-state index is 5.63. The number of hydrogen-bond donors (Lipinski definition) is 2. The largest absolute Gasteiger partial charge is 0.493 e. The molecule has 1 saturated heterocycles. The second-order valence-corrected chi connectivity index (χ2v) is 7.18. The van der Waals surface area contributed by atoms with Crippen LogP contribution in [-0.2, 0) is 0 Å². The summed E-state index contributed by atoms with van der Waals surface area (Å²) in [6, 6.07) is 5.80. The summed E-state index contributed by atoms with van der Waals surface area (Å²) >= 11 is 0. The van der Waals surface area contributed by atoms with Crippen LogP contribution < -0.4 is 20.1 Å². The highest BCUT2D eigenvalue weighted by atomic mass is 127. The molecule has 160 valence electrons. The fourth-order valence-electron chi connectivity index (χ4n) is 3.50. The predicted octanol–water partition coefficient (Wildman–Crippen LogP) is 4.21. The average molecular weight is 504 g/mol. The second kappa shape index (κ2) is 13.9. The zero-order chi connectivity index (χ0) is 19.5. The van der Waals surface area contributed by atoms with E-state index in [1.54, 1.807) is 14.2 Å². The molecule has 0 amide bonds. The van der Waals surface area contributed by atoms with Crippen LogP contribution >= 0.6 is 24.0 Å². The summed E-state index contributed by atoms with van der Waals surface area (Å²) in [4.78, 5) is 6.92. The van der Waals surface area contributed by atoms with Crippen molar-refractivity contribution in [1.82, 2.24) is 10.2 Å². The van der Waals surface area contributed by atoms with Crippen molar-refractivity contribution in [2.24, 2.45) is 10.9 Å². The standard InChI is InChI=1S/C21H36N4O2.HI/c1-5-27-20-15-18(10-11-19(20)26-4)24-21(22-3)23-12-6-7-13-25-14-8-9-17(2)16-25;/h10-11,15,17H,5-9,12-14,16H2,1-4H3,(H2,22,23,24);1H. The number of rotatable bonds is 9. The molecule has 2 rings (SSSR count). The van der Waals surface area contributed by atoms with Gasteiger partial charge in [-0.05, 0) is 63.7 Å². The molecule has 0 radical (unpaired) electrons. The van der Waals surface area contributed by atoms with Gasteiger partial charge in [-0.2, -0.15) is 0 Å². The van der Waals surface area contributed by atoms with Crippen LogP contribution in [0, 0.1) is 5.92 Å². The summed E-state index contributed by atoms with van der Waals surface area (Å²) in [7, 11) is 3.44. The third kappa shape index (κ3) is 8.43. The zero-order valence-electron chi connectivity index (χ0n) is 17.8. The number of anilines is 1. The molecule has 0 aliphatic carbocycles. The molecule has 0 bridgehead atoms. The zero-order valence-corrected chi connectivity index (χ0v) is 20.1. The van der Waals surface area contributed by atoms with Gasteiger partial charge >= 0.3 is 0 Å². The van der Waals surface area contributed by atoms with Gasteiger partial charge in [0.05, 0.1) is 13.7 Å². The Hall–Kier alpha value is -1.22. The Morgan fingerprint density at radius 2 is 2.11 bits per heavy atom. The number of nitrogens with one attached hydrogen (secondary N) is 2. The lowest BCUT2D eigenvalue weighted by atomic mass is 10.0. The summed E-state index contributed by atoms with van der Waals surface area (Å²) in [5, 5.41) is 6.71. The maximum absolute atomic E-state index is 5.63. The molecule has 1 aliphatic heterocycles. The fraction of sp³-hybridized carbons (Fsp3) is 0.667. The molecule has 1 aromatic rings. The van der Waals surface area contributed by atoms with Gasteiger partial charge in [0, 0.05) is 31.9 Å². The minimum Gasteiger partial charge on any atom is -0.493 e. The molecule has 2 N–H and O–H groups in total. The van der Waals surface area contributed by atoms with E-state index in [0.717, 1.165) is 42.0 Å². The quantitative estimate of drug-likeness (QED) is 0.229. The van der Waals surface area contributed by atoms with Gasteiger partial charge in [-0.3, -0.25) is 4.99 Å². The van der Waals surface area contributed by atoms with Crippen LogP contribution in [-0.4, -0.2) is 57.8 Å². The van der Waals surface area contributed by atoms with Gasteiger partial charge in [0.2, 0.25) is 0 Å². The summed E-state index contributed by atoms with van der Waals surface area (Å²) < 4.78 is 11.0. The summed E-state index contributed by atoms with van der Waals surface area (Å²) in [5.41, 5.74) is 0.926. The number of likely N-dealkylation sites (tertiary alicyclic amines) is 1. The molecule has 1 aliphatic rings. The van der Waals surface area contributed by atoms with Crippen molar-refractivity contribution >= 4 is 35.6 Å². The molecular formula is C21H37IN4O2. The number of piperidine rings is 1. The fourth-order valence-corrected chi connectivity index (χ4v) is 3.50. The van der Waals surface area contributed by atoms with E-state index in [4.69, 9.17) is 9.47 Å². The molecule has 0 aromatic heterocycles. The lowest BCUT2D eigenvalue weighted by molar-refractivity contribution is 0.181. The van der Waals surface area contributed by atoms with Gasteiger partial charge in [-0.15, -0.1) is 24.0 Å². The van der Waals surface area contributed by atoms with E-state index in [1.807, 2.05) is 25.1 Å². The minimum atomic E-state index is 0. The molecule has 1 atom stereocenters. The molecule has 6 nitrogen and oxygen atoms in total. The van der Waals surface area contributed by atoms with E-state index in [-0.39, 0.29) is 24.0 Å². The number of nitrogens with zero attached hydrogens (tertiary/aromatic N) is 2. The van der Waals surface area contributed by atoms with E-state index in [1.165, 1.54) is 38.9 Å². The Kier molecular flexibility index (Phi) is 12.3. The number of ether oxygens (including phenoxy) is 2. The Bertz CT molecular complexity index is 598. The molecule has 7 heteroatoms. The first-order chi connectivity index (χ1) is 13.2. The monoisotopic (exact) mass is 504 g/mol. The predicted molar refractivity (Wildman–Crippen MR) is 129 cm³/mol. The van der Waals surface area contributed by atoms with Gasteiger partial charge in [-0.1, -0.05) is 6.92 Å². The van der Waals surface area contributed by atoms with Crippen molar-refractivity contribution in [3.63, 3.8) is 0 Å². The second-order valence-electron chi connectivity index (χ2n) is 7.18. The van der Waals surface area contributed by atoms with Crippen LogP contribution in [0.2, 0.25) is 0 Å². The molecule has 1 aromatic carbocycles. The lowest BCUT2D eigenvalue weighted by Gasteiger charge is -2.30. The van der Waals surface area contributed by atoms with Crippen LogP contribution in [0.4, 0.5) is 5.69 Å². The Morgan fingerprint density at radius 1 is 1.29 bits per heavy atom. The van der Waals surface area contributed by atoms with E-state index >= 15 is 0 Å². The first kappa shape index (κ1) is 24.8. The summed E-state index contributed by atoms with van der Waals surface area (Å²) in [6.45, 7) is 9.56. The smallest absolute Gasteiger partial charge is 0.195 e. The maximum Gasteiger partial charge on any atom is 0.195 e. The number of hydrogen-bond acceptors (Lipinski definition) is 4. The van der Waals surface area contributed by atoms with Crippen molar-refractivity contribution in [3.05, 3.63) is 18.2 Å². The van der Waals surface area contributed by atoms with E-state index < -0.39 is 0 Å². The molecule has 1 heterocycles. The third-order valence-corrected chi connectivity index (χ3v) is 4.88. The summed E-state index contributed by atoms with van der Waals surface area (Å²) in [6.07, 6.45) is 5.09. The van der Waals surface area contributed by atoms with Crippen LogP contribution in [0.25, 0.3) is 0 Å². The minimum absolute atomic E-state index is 0. The first-order valence-electron chi connectivity index (χ1n) is 10.2. The Labute approximate surface area is 187 Å². The lowest BCUT2D eigenvalue weighted by Crippen LogP contribution is -2.35. The van der Waals surface area contributed by atoms with Crippen LogP contribution in [0.15, 0.2) is 23.2 Å². The third-order valence-electron chi connectivity index (χ3n) is 4.88. The number of guanidine groups is 1. The Balaban J connectivity index is 0.00000392. The topological polar surface area (TPSA) is 58.1 Å². The van der Waals surface area contributed by atoms with E-state index in [2.05, 4.69) is 27.4 Å². The normalized spacial score (nSPS) is 17.6.